The van der Waals surface area contributed by atoms with Gasteiger partial charge in [-0.15, -0.1) is 0 Å². The molecule has 0 amide bonds. The predicted molar refractivity (Wildman–Crippen MR) is 55.0 cm³/mol. The van der Waals surface area contributed by atoms with E-state index in [9.17, 15) is 10.1 Å². The van der Waals surface area contributed by atoms with E-state index in [1.54, 1.807) is 12.1 Å². The SMILES string of the molecule is O=[N+]([O-])c1ccc(ON=C2CCC2)cc1. The summed E-state index contributed by atoms with van der Waals surface area (Å²) in [5.74, 6) is 0.528. The molecule has 0 heterocycles. The highest BCUT2D eigenvalue weighted by atomic mass is 16.6. The number of oxime groups is 1. The topological polar surface area (TPSA) is 64.7 Å². The fourth-order valence-corrected chi connectivity index (χ4v) is 1.17. The first-order valence-electron chi connectivity index (χ1n) is 4.73. The molecule has 0 aromatic heterocycles. The number of non-ortho nitro benzene ring substituents is 1. The average molecular weight is 206 g/mol. The Balaban J connectivity index is 2.00. The minimum Gasteiger partial charge on any atom is -0.357 e. The monoisotopic (exact) mass is 206 g/mol. The number of hydrogen-bond acceptors (Lipinski definition) is 4. The smallest absolute Gasteiger partial charge is 0.269 e. The molecule has 1 aromatic rings. The largest absolute Gasteiger partial charge is 0.357 e. The van der Waals surface area contributed by atoms with Crippen LogP contribution >= 0.6 is 0 Å². The molecule has 1 aliphatic rings. The lowest BCUT2D eigenvalue weighted by Gasteiger charge is -2.12. The highest BCUT2D eigenvalue weighted by Crippen LogP contribution is 2.19. The highest BCUT2D eigenvalue weighted by Gasteiger charge is 2.11. The van der Waals surface area contributed by atoms with Crippen LogP contribution in [-0.2, 0) is 0 Å². The van der Waals surface area contributed by atoms with Gasteiger partial charge in [0.2, 0.25) is 0 Å². The molecular weight excluding hydrogens is 196 g/mol. The zero-order chi connectivity index (χ0) is 10.7. The molecule has 0 N–H and O–H groups in total. The molecule has 0 aliphatic heterocycles. The second-order valence-corrected chi connectivity index (χ2v) is 3.35. The maximum Gasteiger partial charge on any atom is 0.269 e. The maximum atomic E-state index is 10.4. The van der Waals surface area contributed by atoms with Crippen LogP contribution in [0.1, 0.15) is 19.3 Å². The van der Waals surface area contributed by atoms with Crippen molar-refractivity contribution >= 4 is 11.4 Å². The summed E-state index contributed by atoms with van der Waals surface area (Å²) in [6, 6.07) is 5.88. The molecule has 1 fully saturated rings. The van der Waals surface area contributed by atoms with E-state index in [0.29, 0.717) is 5.75 Å². The van der Waals surface area contributed by atoms with Crippen LogP contribution in [0.5, 0.6) is 5.75 Å². The number of rotatable bonds is 3. The molecule has 0 radical (unpaired) electrons. The van der Waals surface area contributed by atoms with Crippen LogP contribution in [0.15, 0.2) is 29.4 Å². The minimum absolute atomic E-state index is 0.0543. The van der Waals surface area contributed by atoms with Crippen molar-refractivity contribution in [1.29, 1.82) is 0 Å². The molecule has 78 valence electrons. The van der Waals surface area contributed by atoms with Crippen LogP contribution in [0, 0.1) is 10.1 Å². The van der Waals surface area contributed by atoms with Gasteiger partial charge in [-0.3, -0.25) is 10.1 Å². The summed E-state index contributed by atoms with van der Waals surface area (Å²) in [5, 5.41) is 14.3. The fourth-order valence-electron chi connectivity index (χ4n) is 1.17. The van der Waals surface area contributed by atoms with Crippen molar-refractivity contribution in [2.75, 3.05) is 0 Å². The van der Waals surface area contributed by atoms with E-state index in [-0.39, 0.29) is 5.69 Å². The van der Waals surface area contributed by atoms with Crippen molar-refractivity contribution in [1.82, 2.24) is 0 Å². The third kappa shape index (κ3) is 2.31. The number of benzene rings is 1. The van der Waals surface area contributed by atoms with Crippen molar-refractivity contribution < 1.29 is 9.76 Å². The molecule has 1 saturated carbocycles. The van der Waals surface area contributed by atoms with Crippen LogP contribution in [0.3, 0.4) is 0 Å². The van der Waals surface area contributed by atoms with Crippen LogP contribution in [0.4, 0.5) is 5.69 Å². The summed E-state index contributed by atoms with van der Waals surface area (Å²) in [6.07, 6.45) is 3.16. The maximum absolute atomic E-state index is 10.4. The zero-order valence-electron chi connectivity index (χ0n) is 8.05. The van der Waals surface area contributed by atoms with Crippen LogP contribution in [-0.4, -0.2) is 10.6 Å². The normalized spacial score (nSPS) is 14.3. The van der Waals surface area contributed by atoms with Crippen LogP contribution in [0.25, 0.3) is 0 Å². The Morgan fingerprint density at radius 2 is 1.93 bits per heavy atom. The summed E-state index contributed by atoms with van der Waals surface area (Å²) in [6.45, 7) is 0. The lowest BCUT2D eigenvalue weighted by atomic mass is 9.98. The van der Waals surface area contributed by atoms with Crippen molar-refractivity contribution in [3.8, 4) is 5.75 Å². The number of nitro groups is 1. The van der Waals surface area contributed by atoms with Gasteiger partial charge in [-0.05, 0) is 31.4 Å². The van der Waals surface area contributed by atoms with Crippen molar-refractivity contribution in [2.45, 2.75) is 19.3 Å². The van der Waals surface area contributed by atoms with E-state index < -0.39 is 4.92 Å². The lowest BCUT2D eigenvalue weighted by Crippen LogP contribution is -2.10. The fraction of sp³-hybridized carbons (Fsp3) is 0.300. The van der Waals surface area contributed by atoms with E-state index >= 15 is 0 Å². The van der Waals surface area contributed by atoms with Gasteiger partial charge in [0, 0.05) is 12.1 Å². The van der Waals surface area contributed by atoms with Gasteiger partial charge in [-0.2, -0.15) is 0 Å². The Kier molecular flexibility index (Phi) is 2.62. The lowest BCUT2D eigenvalue weighted by molar-refractivity contribution is -0.384. The molecular formula is C10H10N2O3. The van der Waals surface area contributed by atoms with Gasteiger partial charge in [0.05, 0.1) is 10.6 Å². The van der Waals surface area contributed by atoms with Gasteiger partial charge < -0.3 is 4.84 Å². The van der Waals surface area contributed by atoms with E-state index in [0.717, 1.165) is 18.6 Å². The van der Waals surface area contributed by atoms with Crippen molar-refractivity contribution in [2.24, 2.45) is 5.16 Å². The molecule has 1 aromatic carbocycles. The highest BCUT2D eigenvalue weighted by molar-refractivity contribution is 5.88. The van der Waals surface area contributed by atoms with E-state index in [2.05, 4.69) is 5.16 Å². The molecule has 0 saturated heterocycles. The van der Waals surface area contributed by atoms with Crippen molar-refractivity contribution in [3.05, 3.63) is 34.4 Å². The minimum atomic E-state index is -0.443. The summed E-state index contributed by atoms with van der Waals surface area (Å²) < 4.78 is 0. The third-order valence-corrected chi connectivity index (χ3v) is 2.26. The van der Waals surface area contributed by atoms with Gasteiger partial charge in [-0.25, -0.2) is 0 Å². The third-order valence-electron chi connectivity index (χ3n) is 2.26. The Morgan fingerprint density at radius 1 is 1.27 bits per heavy atom. The summed E-state index contributed by atoms with van der Waals surface area (Å²) in [5.41, 5.74) is 1.10. The number of hydrogen-bond donors (Lipinski definition) is 0. The first-order chi connectivity index (χ1) is 7.25. The molecule has 1 aliphatic carbocycles. The molecule has 2 rings (SSSR count). The van der Waals surface area contributed by atoms with Gasteiger partial charge in [0.1, 0.15) is 0 Å². The Hall–Kier alpha value is -1.91. The predicted octanol–water partition coefficient (Wildman–Crippen LogP) is 2.51. The Morgan fingerprint density at radius 3 is 2.40 bits per heavy atom. The quantitative estimate of drug-likeness (QED) is 0.563. The van der Waals surface area contributed by atoms with Crippen molar-refractivity contribution in [3.63, 3.8) is 0 Å². The molecule has 0 bridgehead atoms. The first-order valence-corrected chi connectivity index (χ1v) is 4.73. The van der Waals surface area contributed by atoms with Gasteiger partial charge in [0.25, 0.3) is 5.69 Å². The Bertz CT molecular complexity index is 392. The van der Waals surface area contributed by atoms with Gasteiger partial charge in [-0.1, -0.05) is 5.16 Å². The van der Waals surface area contributed by atoms with E-state index in [1.807, 2.05) is 0 Å². The van der Waals surface area contributed by atoms with E-state index in [1.165, 1.54) is 18.6 Å². The molecule has 5 nitrogen and oxygen atoms in total. The summed E-state index contributed by atoms with van der Waals surface area (Å²) >= 11 is 0. The number of nitrogens with zero attached hydrogens (tertiary/aromatic N) is 2. The molecule has 0 spiro atoms. The summed E-state index contributed by atoms with van der Waals surface area (Å²) in [4.78, 5) is 15.0. The second-order valence-electron chi connectivity index (χ2n) is 3.35. The molecule has 0 unspecified atom stereocenters. The first kappa shape index (κ1) is 9.64. The zero-order valence-corrected chi connectivity index (χ0v) is 8.05. The molecule has 15 heavy (non-hydrogen) atoms. The van der Waals surface area contributed by atoms with Gasteiger partial charge in [0.15, 0.2) is 5.75 Å². The number of nitro benzene ring substituents is 1. The van der Waals surface area contributed by atoms with E-state index in [4.69, 9.17) is 4.84 Å². The Labute approximate surface area is 86.5 Å². The molecule has 5 heteroatoms. The second kappa shape index (κ2) is 4.08. The molecule has 0 atom stereocenters. The van der Waals surface area contributed by atoms with Crippen LogP contribution < -0.4 is 4.84 Å². The average Bonchev–Trinajstić information content (AvgIpc) is 2.16. The van der Waals surface area contributed by atoms with Crippen LogP contribution in [0.2, 0.25) is 0 Å². The van der Waals surface area contributed by atoms with Gasteiger partial charge >= 0.3 is 0 Å². The standard InChI is InChI=1S/C10H10N2O3/c13-12(14)9-4-6-10(7-5-9)15-11-8-2-1-3-8/h4-7H,1-3H2. The summed E-state index contributed by atoms with van der Waals surface area (Å²) in [7, 11) is 0.